The molecule has 0 radical (unpaired) electrons. The molecule has 0 N–H and O–H groups in total. The van der Waals surface area contributed by atoms with E-state index in [0.717, 1.165) is 5.69 Å². The zero-order valence-electron chi connectivity index (χ0n) is 37.8. The highest BCUT2D eigenvalue weighted by Crippen LogP contribution is 2.45. The third-order valence-electron chi connectivity index (χ3n) is 14.5. The highest BCUT2D eigenvalue weighted by atomic mass is 32.1. The number of para-hydroxylation sites is 2. The predicted octanol–water partition coefficient (Wildman–Crippen LogP) is 19.3. The van der Waals surface area contributed by atoms with E-state index in [2.05, 4.69) is 252 Å². The first-order valence-electron chi connectivity index (χ1n) is 23.9. The van der Waals surface area contributed by atoms with Gasteiger partial charge in [-0.2, -0.15) is 0 Å². The minimum absolute atomic E-state index is 1.14. The molecule has 4 heteroatoms. The highest BCUT2D eigenvalue weighted by Gasteiger charge is 2.20. The van der Waals surface area contributed by atoms with Gasteiger partial charge >= 0.3 is 0 Å². The Morgan fingerprint density at radius 2 is 0.714 bits per heavy atom. The van der Waals surface area contributed by atoms with Crippen molar-refractivity contribution in [1.82, 2.24) is 9.13 Å². The summed E-state index contributed by atoms with van der Waals surface area (Å²) in [4.78, 5) is 0. The summed E-state index contributed by atoms with van der Waals surface area (Å²) in [6, 6.07) is 90.1. The summed E-state index contributed by atoms with van der Waals surface area (Å²) in [5.41, 5.74) is 16.7. The molecule has 0 atom stereocenters. The van der Waals surface area contributed by atoms with Crippen LogP contribution in [0, 0.1) is 0 Å². The van der Waals surface area contributed by atoms with Gasteiger partial charge in [-0.25, -0.2) is 0 Å². The van der Waals surface area contributed by atoms with Gasteiger partial charge in [-0.1, -0.05) is 170 Å². The van der Waals surface area contributed by atoms with Crippen LogP contribution in [0.5, 0.6) is 0 Å². The number of rotatable bonds is 6. The van der Waals surface area contributed by atoms with E-state index >= 15 is 0 Å². The summed E-state index contributed by atoms with van der Waals surface area (Å²) in [6.07, 6.45) is 0. The lowest BCUT2D eigenvalue weighted by molar-refractivity contribution is 1.18. The molecular formula is C66H40N2S2. The van der Waals surface area contributed by atoms with Crippen molar-refractivity contribution < 1.29 is 0 Å². The van der Waals surface area contributed by atoms with Gasteiger partial charge in [-0.15, -0.1) is 22.7 Å². The number of benzene rings is 11. The van der Waals surface area contributed by atoms with Crippen LogP contribution in [0.3, 0.4) is 0 Å². The zero-order chi connectivity index (χ0) is 45.9. The van der Waals surface area contributed by atoms with Gasteiger partial charge in [0.15, 0.2) is 0 Å². The number of thiophene rings is 2. The van der Waals surface area contributed by atoms with E-state index in [9.17, 15) is 0 Å². The number of nitrogens with zero attached hydrogens (tertiary/aromatic N) is 2. The predicted molar refractivity (Wildman–Crippen MR) is 303 cm³/mol. The van der Waals surface area contributed by atoms with Crippen molar-refractivity contribution in [3.05, 3.63) is 243 Å². The fourth-order valence-electron chi connectivity index (χ4n) is 11.3. The van der Waals surface area contributed by atoms with E-state index in [0.29, 0.717) is 0 Å². The normalized spacial score (nSPS) is 12.0. The standard InChI is InChI=1S/C66H40N2S2/c1-2-15-41(16-3-1)42-17-12-18-48(38-42)67-58-26-8-4-19-50(58)52-33-31-43(39-61(52)67)45-35-46(37-47(36-45)49-23-13-24-56-54-21-6-10-29-63(54)69-65(49)56)44-32-34-53-51-20-5-9-27-59(51)68(62(53)40-44)60-28-14-25-57-55-22-7-11-30-64(55)70-66(57)60/h1-40H. The Bertz CT molecular complexity index is 4600. The van der Waals surface area contributed by atoms with Crippen molar-refractivity contribution in [1.29, 1.82) is 0 Å². The second-order valence-corrected chi connectivity index (χ2v) is 20.5. The third kappa shape index (κ3) is 6.04. The van der Waals surface area contributed by atoms with Crippen LogP contribution in [0.15, 0.2) is 243 Å². The van der Waals surface area contributed by atoms with Crippen LogP contribution < -0.4 is 0 Å². The molecule has 4 aromatic heterocycles. The van der Waals surface area contributed by atoms with Crippen molar-refractivity contribution in [2.45, 2.75) is 0 Å². The number of aromatic nitrogens is 2. The Morgan fingerprint density at radius 3 is 1.40 bits per heavy atom. The van der Waals surface area contributed by atoms with Crippen LogP contribution in [0.4, 0.5) is 0 Å². The maximum absolute atomic E-state index is 2.51. The second-order valence-electron chi connectivity index (χ2n) is 18.4. The van der Waals surface area contributed by atoms with E-state index in [1.165, 1.54) is 134 Å². The average molecular weight is 925 g/mol. The minimum atomic E-state index is 1.14. The molecular weight excluding hydrogens is 885 g/mol. The summed E-state index contributed by atoms with van der Waals surface area (Å²) >= 11 is 3.78. The van der Waals surface area contributed by atoms with Crippen LogP contribution in [0.1, 0.15) is 0 Å². The van der Waals surface area contributed by atoms with Gasteiger partial charge in [0.2, 0.25) is 0 Å². The molecule has 11 aromatic carbocycles. The molecule has 0 fully saturated rings. The quantitative estimate of drug-likeness (QED) is 0.157. The smallest absolute Gasteiger partial charge is 0.0640 e. The zero-order valence-corrected chi connectivity index (χ0v) is 39.4. The van der Waals surface area contributed by atoms with Crippen molar-refractivity contribution >= 4 is 107 Å². The van der Waals surface area contributed by atoms with Crippen LogP contribution >= 0.6 is 22.7 Å². The molecule has 326 valence electrons. The molecule has 15 rings (SSSR count). The van der Waals surface area contributed by atoms with E-state index in [1.54, 1.807) is 0 Å². The summed E-state index contributed by atoms with van der Waals surface area (Å²) < 4.78 is 10.2. The third-order valence-corrected chi connectivity index (χ3v) is 16.9. The first-order chi connectivity index (χ1) is 34.7. The molecule has 4 heterocycles. The van der Waals surface area contributed by atoms with Crippen molar-refractivity contribution in [2.75, 3.05) is 0 Å². The van der Waals surface area contributed by atoms with Crippen LogP contribution in [-0.2, 0) is 0 Å². The topological polar surface area (TPSA) is 9.86 Å². The Balaban J connectivity index is 0.972. The Kier molecular flexibility index (Phi) is 8.73. The molecule has 2 nitrogen and oxygen atoms in total. The molecule has 70 heavy (non-hydrogen) atoms. The lowest BCUT2D eigenvalue weighted by atomic mass is 9.92. The first kappa shape index (κ1) is 39.5. The Morgan fingerprint density at radius 1 is 0.243 bits per heavy atom. The summed E-state index contributed by atoms with van der Waals surface area (Å²) in [7, 11) is 0. The van der Waals surface area contributed by atoms with E-state index in [-0.39, 0.29) is 0 Å². The molecule has 0 bridgehead atoms. The van der Waals surface area contributed by atoms with E-state index in [4.69, 9.17) is 0 Å². The highest BCUT2D eigenvalue weighted by molar-refractivity contribution is 7.26. The minimum Gasteiger partial charge on any atom is -0.309 e. The molecule has 0 aliphatic carbocycles. The number of hydrogen-bond donors (Lipinski definition) is 0. The van der Waals surface area contributed by atoms with E-state index < -0.39 is 0 Å². The fraction of sp³-hybridized carbons (Fsp3) is 0. The average Bonchev–Trinajstić information content (AvgIpc) is 4.18. The number of hydrogen-bond acceptors (Lipinski definition) is 2. The van der Waals surface area contributed by atoms with Gasteiger partial charge in [-0.3, -0.25) is 0 Å². The summed E-state index contributed by atoms with van der Waals surface area (Å²) in [5, 5.41) is 10.2. The van der Waals surface area contributed by atoms with Gasteiger partial charge < -0.3 is 9.13 Å². The monoisotopic (exact) mass is 924 g/mol. The lowest BCUT2D eigenvalue weighted by Gasteiger charge is -2.14. The molecule has 0 unspecified atom stereocenters. The SMILES string of the molecule is c1ccc(-c2cccc(-n3c4ccccc4c4ccc(-c5cc(-c6ccc7c8ccccc8n(-c8cccc9c8sc8ccccc89)c7c6)cc(-c6cccc7c6sc6ccccc67)c5)cc43)c2)cc1. The molecule has 0 aliphatic rings. The Labute approximate surface area is 411 Å². The van der Waals surface area contributed by atoms with Crippen LogP contribution in [0.2, 0.25) is 0 Å². The molecule has 0 saturated heterocycles. The first-order valence-corrected chi connectivity index (χ1v) is 25.5. The fourth-order valence-corrected chi connectivity index (χ4v) is 13.7. The van der Waals surface area contributed by atoms with Gasteiger partial charge in [0.1, 0.15) is 0 Å². The largest absolute Gasteiger partial charge is 0.309 e. The summed E-state index contributed by atoms with van der Waals surface area (Å²) in [6.45, 7) is 0. The van der Waals surface area contributed by atoms with Crippen LogP contribution in [0.25, 0.3) is 140 Å². The van der Waals surface area contributed by atoms with Crippen molar-refractivity contribution in [2.24, 2.45) is 0 Å². The van der Waals surface area contributed by atoms with Gasteiger partial charge in [0.05, 0.1) is 32.5 Å². The maximum atomic E-state index is 2.51. The molecule has 15 aromatic rings. The number of fused-ring (bicyclic) bond motifs is 12. The van der Waals surface area contributed by atoms with Crippen molar-refractivity contribution in [3.8, 4) is 55.9 Å². The summed E-state index contributed by atoms with van der Waals surface area (Å²) in [5.74, 6) is 0. The van der Waals surface area contributed by atoms with Gasteiger partial charge in [-0.05, 0) is 117 Å². The van der Waals surface area contributed by atoms with Crippen molar-refractivity contribution in [3.63, 3.8) is 0 Å². The Hall–Kier alpha value is -8.54. The maximum Gasteiger partial charge on any atom is 0.0640 e. The molecule has 0 amide bonds. The van der Waals surface area contributed by atoms with Crippen LogP contribution in [-0.4, -0.2) is 9.13 Å². The van der Waals surface area contributed by atoms with Gasteiger partial charge in [0, 0.05) is 62.9 Å². The molecule has 0 saturated carbocycles. The van der Waals surface area contributed by atoms with E-state index in [1.807, 2.05) is 22.7 Å². The molecule has 0 aliphatic heterocycles. The molecule has 0 spiro atoms. The second kappa shape index (κ2) is 15.5. The lowest BCUT2D eigenvalue weighted by Crippen LogP contribution is -1.95. The van der Waals surface area contributed by atoms with Gasteiger partial charge in [0.25, 0.3) is 0 Å².